The van der Waals surface area contributed by atoms with E-state index >= 15 is 0 Å². The number of methoxy groups -OCH3 is 6. The summed E-state index contributed by atoms with van der Waals surface area (Å²) >= 11 is 0. The van der Waals surface area contributed by atoms with E-state index < -0.39 is 17.6 Å². The normalized spacial score (nSPS) is 10.9. The van der Waals surface area contributed by atoms with Crippen molar-refractivity contribution in [1.82, 2.24) is 4.90 Å². The third-order valence-electron chi connectivity index (χ3n) is 8.74. The van der Waals surface area contributed by atoms with Gasteiger partial charge in [0.25, 0.3) is 0 Å². The Hall–Kier alpha value is -5.63. The van der Waals surface area contributed by atoms with Crippen LogP contribution in [0.15, 0.2) is 63.8 Å². The van der Waals surface area contributed by atoms with E-state index in [0.717, 1.165) is 44.2 Å². The lowest BCUT2D eigenvalue weighted by Crippen LogP contribution is -2.29. The second-order valence-corrected chi connectivity index (χ2v) is 12.4. The lowest BCUT2D eigenvalue weighted by molar-refractivity contribution is 0.0478. The maximum atomic E-state index is 12.9. The summed E-state index contributed by atoms with van der Waals surface area (Å²) in [6, 6.07) is 14.8. The molecule has 0 unspecified atom stereocenters. The van der Waals surface area contributed by atoms with Crippen LogP contribution in [0.25, 0.3) is 11.0 Å². The number of fused-ring (bicyclic) bond motifs is 1. The van der Waals surface area contributed by atoms with Gasteiger partial charge in [-0.2, -0.15) is 0 Å². The lowest BCUT2D eigenvalue weighted by atomic mass is 10.1. The Balaban J connectivity index is 1.25. The fraction of sp³-hybridized carbons (Fsp3) is 0.439. The number of unbranched alkanes of at least 4 members (excludes halogenated alkanes) is 3. The number of carbonyl (C=O) groups is 2. The molecule has 14 nitrogen and oxygen atoms in total. The molecule has 0 amide bonds. The van der Waals surface area contributed by atoms with Gasteiger partial charge in [0.2, 0.25) is 11.5 Å². The Morgan fingerprint density at radius 1 is 0.545 bits per heavy atom. The van der Waals surface area contributed by atoms with E-state index in [4.69, 9.17) is 47.0 Å². The molecule has 0 N–H and O–H groups in total. The van der Waals surface area contributed by atoms with Crippen molar-refractivity contribution in [2.45, 2.75) is 38.5 Å². The summed E-state index contributed by atoms with van der Waals surface area (Å²) in [5.41, 5.74) is 0.677. The van der Waals surface area contributed by atoms with Gasteiger partial charge in [0, 0.05) is 30.6 Å². The number of nitrogens with zero attached hydrogens (tertiary/aromatic N) is 1. The topological polar surface area (TPSA) is 151 Å². The molecule has 0 aliphatic heterocycles. The summed E-state index contributed by atoms with van der Waals surface area (Å²) in [6.07, 6.45) is 4.83. The first-order valence-electron chi connectivity index (χ1n) is 18.1. The van der Waals surface area contributed by atoms with Gasteiger partial charge in [-0.25, -0.2) is 14.4 Å². The molecule has 298 valence electrons. The van der Waals surface area contributed by atoms with Crippen molar-refractivity contribution in [2.24, 2.45) is 0 Å². The minimum absolute atomic E-state index is 0.224. The smallest absolute Gasteiger partial charge is 0.338 e. The van der Waals surface area contributed by atoms with Crippen LogP contribution >= 0.6 is 0 Å². The molecular formula is C41H51NO13. The summed E-state index contributed by atoms with van der Waals surface area (Å²) in [5, 5.41) is 0.820. The molecule has 0 spiro atoms. The fourth-order valence-corrected chi connectivity index (χ4v) is 5.92. The van der Waals surface area contributed by atoms with Gasteiger partial charge in [0.1, 0.15) is 11.3 Å². The molecule has 0 aliphatic carbocycles. The first-order valence-corrected chi connectivity index (χ1v) is 18.1. The van der Waals surface area contributed by atoms with Gasteiger partial charge in [-0.05, 0) is 74.7 Å². The zero-order chi connectivity index (χ0) is 39.6. The largest absolute Gasteiger partial charge is 0.493 e. The van der Waals surface area contributed by atoms with Gasteiger partial charge in [-0.15, -0.1) is 0 Å². The van der Waals surface area contributed by atoms with Crippen LogP contribution < -0.4 is 38.8 Å². The average molecular weight is 766 g/mol. The van der Waals surface area contributed by atoms with Crippen LogP contribution in [-0.2, 0) is 9.47 Å². The molecule has 0 saturated carbocycles. The Morgan fingerprint density at radius 3 is 1.55 bits per heavy atom. The van der Waals surface area contributed by atoms with Crippen LogP contribution in [0, 0.1) is 0 Å². The minimum atomic E-state index is -0.489. The average Bonchev–Trinajstić information content (AvgIpc) is 3.21. The van der Waals surface area contributed by atoms with E-state index in [-0.39, 0.29) is 13.2 Å². The molecule has 0 aliphatic rings. The summed E-state index contributed by atoms with van der Waals surface area (Å²) < 4.78 is 54.5. The predicted octanol–water partition coefficient (Wildman–Crippen LogP) is 6.58. The van der Waals surface area contributed by atoms with Crippen LogP contribution in [0.3, 0.4) is 0 Å². The third-order valence-corrected chi connectivity index (χ3v) is 8.74. The van der Waals surface area contributed by atoms with Crippen LogP contribution in [0.4, 0.5) is 0 Å². The number of rotatable bonds is 24. The SMILES string of the molecule is COc1cc(C(=O)OCCCCCCN(CCCOC(=O)c2cc(OC)c(OC)c(OC)c2)CCCOc2ccc3ccc(=O)oc3c2)cc(OC)c1OC. The van der Waals surface area contributed by atoms with E-state index in [1.807, 2.05) is 12.1 Å². The Bertz CT molecular complexity index is 1860. The second kappa shape index (κ2) is 21.9. The number of hydrogen-bond acceptors (Lipinski definition) is 14. The highest BCUT2D eigenvalue weighted by Gasteiger charge is 2.19. The Morgan fingerprint density at radius 2 is 1.02 bits per heavy atom. The number of esters is 2. The highest BCUT2D eigenvalue weighted by Crippen LogP contribution is 2.39. The van der Waals surface area contributed by atoms with Crippen molar-refractivity contribution in [2.75, 3.05) is 82.1 Å². The van der Waals surface area contributed by atoms with Crippen LogP contribution in [0.5, 0.6) is 40.2 Å². The van der Waals surface area contributed by atoms with Crippen molar-refractivity contribution in [1.29, 1.82) is 0 Å². The Labute approximate surface area is 321 Å². The van der Waals surface area contributed by atoms with E-state index in [2.05, 4.69) is 4.90 Å². The quantitative estimate of drug-likeness (QED) is 0.0429. The number of ether oxygens (including phenoxy) is 9. The molecular weight excluding hydrogens is 714 g/mol. The number of hydrogen-bond donors (Lipinski definition) is 0. The molecule has 4 rings (SSSR count). The minimum Gasteiger partial charge on any atom is -0.493 e. The monoisotopic (exact) mass is 765 g/mol. The molecule has 4 aromatic rings. The van der Waals surface area contributed by atoms with Crippen molar-refractivity contribution in [3.8, 4) is 40.2 Å². The Kier molecular flexibility index (Phi) is 16.8. The molecule has 1 aromatic heterocycles. The first-order chi connectivity index (χ1) is 26.7. The standard InChI is InChI=1S/C41H51NO13/c1-46-33-23-29(24-34(47-2)38(33)50-5)40(44)53-20-10-8-7-9-17-42(18-11-21-52-31-15-13-28-14-16-37(43)55-32(28)27-31)19-12-22-54-41(45)30-25-35(48-3)39(51-6)36(26-30)49-4/h13-16,23-27H,7-12,17-22H2,1-6H3. The molecule has 3 aromatic carbocycles. The lowest BCUT2D eigenvalue weighted by Gasteiger charge is -2.22. The maximum absolute atomic E-state index is 12.9. The molecule has 0 fully saturated rings. The van der Waals surface area contributed by atoms with Gasteiger partial charge >= 0.3 is 17.6 Å². The van der Waals surface area contributed by atoms with E-state index in [0.29, 0.717) is 82.9 Å². The molecule has 14 heteroatoms. The molecule has 0 radical (unpaired) electrons. The van der Waals surface area contributed by atoms with E-state index in [1.54, 1.807) is 36.4 Å². The second-order valence-electron chi connectivity index (χ2n) is 12.4. The zero-order valence-corrected chi connectivity index (χ0v) is 32.4. The summed E-state index contributed by atoms with van der Waals surface area (Å²) in [7, 11) is 8.96. The van der Waals surface area contributed by atoms with Gasteiger partial charge in [0.05, 0.1) is 73.6 Å². The highest BCUT2D eigenvalue weighted by molar-refractivity contribution is 5.92. The summed E-state index contributed by atoms with van der Waals surface area (Å²) in [4.78, 5) is 39.6. The number of carbonyl (C=O) groups excluding carboxylic acids is 2. The molecule has 55 heavy (non-hydrogen) atoms. The highest BCUT2D eigenvalue weighted by atomic mass is 16.5. The van der Waals surface area contributed by atoms with Gasteiger partial charge in [0.15, 0.2) is 23.0 Å². The molecule has 0 bridgehead atoms. The summed E-state index contributed by atoms with van der Waals surface area (Å²) in [5.74, 6) is 1.96. The zero-order valence-electron chi connectivity index (χ0n) is 32.4. The van der Waals surface area contributed by atoms with Crippen molar-refractivity contribution < 1.29 is 56.6 Å². The molecule has 1 heterocycles. The predicted molar refractivity (Wildman–Crippen MR) is 205 cm³/mol. The molecule has 0 saturated heterocycles. The van der Waals surface area contributed by atoms with Crippen LogP contribution in [0.2, 0.25) is 0 Å². The van der Waals surface area contributed by atoms with Crippen molar-refractivity contribution in [3.05, 3.63) is 76.1 Å². The van der Waals surface area contributed by atoms with Gasteiger partial charge in [-0.1, -0.05) is 12.8 Å². The summed E-state index contributed by atoms with van der Waals surface area (Å²) in [6.45, 7) is 3.26. The van der Waals surface area contributed by atoms with E-state index in [9.17, 15) is 14.4 Å². The molecule has 0 atom stereocenters. The van der Waals surface area contributed by atoms with Crippen molar-refractivity contribution >= 4 is 22.9 Å². The third kappa shape index (κ3) is 12.2. The number of benzene rings is 3. The van der Waals surface area contributed by atoms with Crippen molar-refractivity contribution in [3.63, 3.8) is 0 Å². The maximum Gasteiger partial charge on any atom is 0.338 e. The van der Waals surface area contributed by atoms with Crippen LogP contribution in [-0.4, -0.2) is 99.0 Å². The van der Waals surface area contributed by atoms with Gasteiger partial charge < -0.3 is 51.9 Å². The van der Waals surface area contributed by atoms with E-state index in [1.165, 1.54) is 48.7 Å². The first kappa shape index (κ1) is 42.1. The van der Waals surface area contributed by atoms with Crippen LogP contribution in [0.1, 0.15) is 59.2 Å². The van der Waals surface area contributed by atoms with Gasteiger partial charge in [-0.3, -0.25) is 0 Å². The fourth-order valence-electron chi connectivity index (χ4n) is 5.92.